The van der Waals surface area contributed by atoms with Crippen LogP contribution >= 0.6 is 0 Å². The summed E-state index contributed by atoms with van der Waals surface area (Å²) in [6.07, 6.45) is 4.99. The van der Waals surface area contributed by atoms with Gasteiger partial charge in [0, 0.05) is 30.2 Å². The molecule has 0 aliphatic carbocycles. The first-order chi connectivity index (χ1) is 7.88. The van der Waals surface area contributed by atoms with E-state index >= 15 is 0 Å². The second-order valence-corrected chi connectivity index (χ2v) is 3.14. The van der Waals surface area contributed by atoms with Crippen molar-refractivity contribution >= 4 is 0 Å². The van der Waals surface area contributed by atoms with Crippen molar-refractivity contribution in [2.24, 2.45) is 0 Å². The molecule has 78 valence electrons. The number of nitriles is 1. The van der Waals surface area contributed by atoms with Crippen LogP contribution in [0.15, 0.2) is 42.9 Å². The minimum Gasteiger partial charge on any atom is -0.473 e. The third-order valence-corrected chi connectivity index (χ3v) is 1.97. The molecule has 0 aromatic carbocycles. The summed E-state index contributed by atoms with van der Waals surface area (Å²) < 4.78 is 5.43. The molecule has 0 spiro atoms. The van der Waals surface area contributed by atoms with Crippen molar-refractivity contribution in [3.05, 3.63) is 54.0 Å². The smallest absolute Gasteiger partial charge is 0.214 e. The average molecular weight is 211 g/mol. The summed E-state index contributed by atoms with van der Waals surface area (Å²) in [5.74, 6) is 0.447. The molecule has 0 N–H and O–H groups in total. The molecule has 0 bridgehead atoms. The highest BCUT2D eigenvalue weighted by Gasteiger charge is 1.98. The lowest BCUT2D eigenvalue weighted by molar-refractivity contribution is 0.293. The summed E-state index contributed by atoms with van der Waals surface area (Å²) in [7, 11) is 0. The fourth-order valence-electron chi connectivity index (χ4n) is 1.20. The first-order valence-corrected chi connectivity index (χ1v) is 4.76. The van der Waals surface area contributed by atoms with Crippen LogP contribution in [0.3, 0.4) is 0 Å². The Kier molecular flexibility index (Phi) is 3.10. The molecule has 4 nitrogen and oxygen atoms in total. The molecule has 0 saturated heterocycles. The van der Waals surface area contributed by atoms with Crippen LogP contribution in [0.25, 0.3) is 0 Å². The maximum absolute atomic E-state index is 8.70. The number of rotatable bonds is 3. The van der Waals surface area contributed by atoms with Crippen LogP contribution in [0.2, 0.25) is 0 Å². The van der Waals surface area contributed by atoms with E-state index in [2.05, 4.69) is 9.97 Å². The SMILES string of the molecule is N#Cc1ccnc(OCc2cccnc2)c1. The van der Waals surface area contributed by atoms with Gasteiger partial charge in [0.05, 0.1) is 11.6 Å². The first kappa shape index (κ1) is 10.1. The number of nitrogens with zero attached hydrogens (tertiary/aromatic N) is 3. The van der Waals surface area contributed by atoms with Gasteiger partial charge >= 0.3 is 0 Å². The monoisotopic (exact) mass is 211 g/mol. The summed E-state index contributed by atoms with van der Waals surface area (Å²) in [5.41, 5.74) is 1.50. The standard InChI is InChI=1S/C12H9N3O/c13-7-10-3-5-15-12(6-10)16-9-11-2-1-4-14-8-11/h1-6,8H,9H2. The van der Waals surface area contributed by atoms with E-state index in [0.717, 1.165) is 5.56 Å². The van der Waals surface area contributed by atoms with Gasteiger partial charge in [-0.05, 0) is 12.1 Å². The van der Waals surface area contributed by atoms with Crippen molar-refractivity contribution in [2.45, 2.75) is 6.61 Å². The van der Waals surface area contributed by atoms with Gasteiger partial charge in [-0.3, -0.25) is 4.98 Å². The van der Waals surface area contributed by atoms with Crippen molar-refractivity contribution in [1.82, 2.24) is 9.97 Å². The van der Waals surface area contributed by atoms with E-state index in [1.165, 1.54) is 0 Å². The molecule has 2 aromatic heterocycles. The zero-order valence-corrected chi connectivity index (χ0v) is 8.50. The third kappa shape index (κ3) is 2.55. The molecular weight excluding hydrogens is 202 g/mol. The molecule has 2 aromatic rings. The zero-order valence-electron chi connectivity index (χ0n) is 8.50. The highest BCUT2D eigenvalue weighted by Crippen LogP contribution is 2.10. The summed E-state index contributed by atoms with van der Waals surface area (Å²) in [5, 5.41) is 8.70. The number of ether oxygens (including phenoxy) is 1. The second-order valence-electron chi connectivity index (χ2n) is 3.14. The van der Waals surface area contributed by atoms with Crippen LogP contribution in [-0.4, -0.2) is 9.97 Å². The molecule has 2 rings (SSSR count). The Morgan fingerprint density at radius 2 is 2.25 bits per heavy atom. The van der Waals surface area contributed by atoms with Crippen LogP contribution < -0.4 is 4.74 Å². The Bertz CT molecular complexity index is 505. The van der Waals surface area contributed by atoms with Crippen LogP contribution in [0.5, 0.6) is 5.88 Å². The number of hydrogen-bond donors (Lipinski definition) is 0. The lowest BCUT2D eigenvalue weighted by atomic mass is 10.3. The summed E-state index contributed by atoms with van der Waals surface area (Å²) in [4.78, 5) is 7.99. The summed E-state index contributed by atoms with van der Waals surface area (Å²) in [6.45, 7) is 0.399. The van der Waals surface area contributed by atoms with E-state index in [1.807, 2.05) is 18.2 Å². The van der Waals surface area contributed by atoms with E-state index in [4.69, 9.17) is 10.00 Å². The molecule has 16 heavy (non-hydrogen) atoms. The summed E-state index contributed by atoms with van der Waals surface area (Å²) >= 11 is 0. The van der Waals surface area contributed by atoms with E-state index in [1.54, 1.807) is 30.7 Å². The van der Waals surface area contributed by atoms with Gasteiger partial charge in [-0.2, -0.15) is 5.26 Å². The fraction of sp³-hybridized carbons (Fsp3) is 0.0833. The molecule has 0 unspecified atom stereocenters. The molecule has 2 heterocycles. The van der Waals surface area contributed by atoms with Gasteiger partial charge in [-0.25, -0.2) is 4.98 Å². The van der Waals surface area contributed by atoms with Crippen molar-refractivity contribution < 1.29 is 4.74 Å². The van der Waals surface area contributed by atoms with Crippen LogP contribution in [0, 0.1) is 11.3 Å². The molecular formula is C12H9N3O. The fourth-order valence-corrected chi connectivity index (χ4v) is 1.20. The van der Waals surface area contributed by atoms with E-state index in [-0.39, 0.29) is 0 Å². The molecule has 0 aliphatic rings. The molecule has 0 amide bonds. The predicted octanol–water partition coefficient (Wildman–Crippen LogP) is 1.93. The Hall–Kier alpha value is -2.41. The minimum absolute atomic E-state index is 0.399. The maximum atomic E-state index is 8.70. The van der Waals surface area contributed by atoms with Gasteiger partial charge in [0.2, 0.25) is 5.88 Å². The lowest BCUT2D eigenvalue weighted by Crippen LogP contribution is -1.97. The highest BCUT2D eigenvalue weighted by molar-refractivity contribution is 5.31. The number of hydrogen-bond acceptors (Lipinski definition) is 4. The Morgan fingerprint density at radius 3 is 3.00 bits per heavy atom. The van der Waals surface area contributed by atoms with Crippen LogP contribution in [0.1, 0.15) is 11.1 Å². The Morgan fingerprint density at radius 1 is 1.31 bits per heavy atom. The normalized spacial score (nSPS) is 9.44. The molecule has 0 aliphatic heterocycles. The minimum atomic E-state index is 0.399. The first-order valence-electron chi connectivity index (χ1n) is 4.76. The topological polar surface area (TPSA) is 58.8 Å². The number of aromatic nitrogens is 2. The molecule has 0 fully saturated rings. The van der Waals surface area contributed by atoms with Crippen LogP contribution in [-0.2, 0) is 6.61 Å². The van der Waals surface area contributed by atoms with Gasteiger partial charge in [-0.15, -0.1) is 0 Å². The van der Waals surface area contributed by atoms with Crippen LogP contribution in [0.4, 0.5) is 0 Å². The Balaban J connectivity index is 2.03. The average Bonchev–Trinajstić information content (AvgIpc) is 2.38. The highest BCUT2D eigenvalue weighted by atomic mass is 16.5. The molecule has 0 atom stereocenters. The largest absolute Gasteiger partial charge is 0.473 e. The van der Waals surface area contributed by atoms with E-state index < -0.39 is 0 Å². The van der Waals surface area contributed by atoms with Gasteiger partial charge in [0.1, 0.15) is 6.61 Å². The van der Waals surface area contributed by atoms with Gasteiger partial charge < -0.3 is 4.74 Å². The van der Waals surface area contributed by atoms with Crippen molar-refractivity contribution in [3.63, 3.8) is 0 Å². The maximum Gasteiger partial charge on any atom is 0.214 e. The van der Waals surface area contributed by atoms with Gasteiger partial charge in [-0.1, -0.05) is 6.07 Å². The molecule has 0 saturated carbocycles. The second kappa shape index (κ2) is 4.89. The van der Waals surface area contributed by atoms with Crippen molar-refractivity contribution in [3.8, 4) is 11.9 Å². The number of pyridine rings is 2. The van der Waals surface area contributed by atoms with Gasteiger partial charge in [0.25, 0.3) is 0 Å². The Labute approximate surface area is 93.2 Å². The third-order valence-electron chi connectivity index (χ3n) is 1.97. The van der Waals surface area contributed by atoms with E-state index in [9.17, 15) is 0 Å². The summed E-state index contributed by atoms with van der Waals surface area (Å²) in [6, 6.07) is 9.04. The van der Waals surface area contributed by atoms with Gasteiger partial charge in [0.15, 0.2) is 0 Å². The quantitative estimate of drug-likeness (QED) is 0.778. The predicted molar refractivity (Wildman–Crippen MR) is 57.5 cm³/mol. The lowest BCUT2D eigenvalue weighted by Gasteiger charge is -2.04. The molecule has 0 radical (unpaired) electrons. The van der Waals surface area contributed by atoms with Crippen molar-refractivity contribution in [2.75, 3.05) is 0 Å². The zero-order chi connectivity index (χ0) is 11.2. The van der Waals surface area contributed by atoms with E-state index in [0.29, 0.717) is 18.1 Å². The van der Waals surface area contributed by atoms with Crippen molar-refractivity contribution in [1.29, 1.82) is 5.26 Å². The molecule has 4 heteroatoms.